The molecule has 5 aromatic rings. The summed E-state index contributed by atoms with van der Waals surface area (Å²) in [4.78, 5) is 0. The summed E-state index contributed by atoms with van der Waals surface area (Å²) < 4.78 is 1.10. The first-order valence-electron chi connectivity index (χ1n) is 11.3. The number of halogens is 1. The monoisotopic (exact) mass is 488 g/mol. The highest BCUT2D eigenvalue weighted by Crippen LogP contribution is 2.38. The number of hydrogen-bond acceptors (Lipinski definition) is 0. The van der Waals surface area contributed by atoms with Crippen LogP contribution in [0.3, 0.4) is 0 Å². The van der Waals surface area contributed by atoms with Gasteiger partial charge >= 0.3 is 0 Å². The van der Waals surface area contributed by atoms with E-state index in [-0.39, 0.29) is 11.8 Å². The molecule has 0 aliphatic heterocycles. The lowest BCUT2D eigenvalue weighted by Crippen LogP contribution is -2.07. The lowest BCUT2D eigenvalue weighted by atomic mass is 9.80. The van der Waals surface area contributed by atoms with Gasteiger partial charge in [0.15, 0.2) is 0 Å². The maximum Gasteiger partial charge on any atom is 0.0340 e. The Morgan fingerprint density at radius 2 is 0.606 bits per heavy atom. The fraction of sp³-hybridized carbons (Fsp3) is 0.0625. The summed E-state index contributed by atoms with van der Waals surface area (Å²) in [6, 6.07) is 50.1. The molecule has 0 fully saturated rings. The first-order chi connectivity index (χ1) is 16.3. The molecular formula is C32H25Br. The Kier molecular flexibility index (Phi) is 6.51. The van der Waals surface area contributed by atoms with Crippen molar-refractivity contribution in [1.29, 1.82) is 0 Å². The summed E-state index contributed by atoms with van der Waals surface area (Å²) in [5, 5.41) is 0. The van der Waals surface area contributed by atoms with Crippen LogP contribution in [-0.2, 0) is 0 Å². The Balaban J connectivity index is 1.69. The van der Waals surface area contributed by atoms with E-state index < -0.39 is 0 Å². The molecule has 0 aromatic heterocycles. The third-order valence-corrected chi connectivity index (χ3v) is 6.60. The molecule has 0 N–H and O–H groups in total. The zero-order valence-corrected chi connectivity index (χ0v) is 19.9. The summed E-state index contributed by atoms with van der Waals surface area (Å²) >= 11 is 3.84. The Hall–Kier alpha value is -3.42. The van der Waals surface area contributed by atoms with Gasteiger partial charge in [-0.25, -0.2) is 0 Å². The van der Waals surface area contributed by atoms with E-state index in [1.165, 1.54) is 33.4 Å². The average molecular weight is 489 g/mol. The largest absolute Gasteiger partial charge is 0.0622 e. The van der Waals surface area contributed by atoms with Crippen molar-refractivity contribution in [3.8, 4) is 0 Å². The second-order valence-electron chi connectivity index (χ2n) is 8.33. The molecular weight excluding hydrogens is 464 g/mol. The number of hydrogen-bond donors (Lipinski definition) is 0. The number of benzene rings is 5. The summed E-state index contributed by atoms with van der Waals surface area (Å²) in [5.74, 6) is 0.326. The second kappa shape index (κ2) is 10.0. The molecule has 0 aliphatic rings. The van der Waals surface area contributed by atoms with Crippen molar-refractivity contribution < 1.29 is 0 Å². The highest BCUT2D eigenvalue weighted by Gasteiger charge is 2.22. The lowest BCUT2D eigenvalue weighted by molar-refractivity contribution is 0.937. The molecule has 0 spiro atoms. The van der Waals surface area contributed by atoms with E-state index in [1.54, 1.807) is 0 Å². The van der Waals surface area contributed by atoms with Crippen LogP contribution in [-0.4, -0.2) is 0 Å². The maximum atomic E-state index is 3.84. The van der Waals surface area contributed by atoms with Crippen molar-refractivity contribution in [2.75, 3.05) is 0 Å². The van der Waals surface area contributed by atoms with Crippen LogP contribution in [0.1, 0.15) is 45.2 Å². The summed E-state index contributed by atoms with van der Waals surface area (Å²) in [6.07, 6.45) is 0. The molecule has 1 heteroatoms. The van der Waals surface area contributed by atoms with E-state index in [0.29, 0.717) is 0 Å². The third-order valence-electron chi connectivity index (χ3n) is 6.14. The van der Waals surface area contributed by atoms with E-state index in [1.807, 2.05) is 0 Å². The highest BCUT2D eigenvalue weighted by molar-refractivity contribution is 9.10. The minimum absolute atomic E-state index is 0.163. The van der Waals surface area contributed by atoms with Gasteiger partial charge in [-0.15, -0.1) is 0 Å². The fourth-order valence-corrected chi connectivity index (χ4v) is 5.23. The second-order valence-corrected chi connectivity index (χ2v) is 9.24. The molecule has 160 valence electrons. The standard InChI is InChI=1S/C32H25Br/c33-30-22-28(31(24-13-5-1-6-14-24)25-15-7-2-8-16-25)21-29(23-30)32(26-17-9-3-10-18-26)27-19-11-4-12-20-27/h1-23,31-32H. The zero-order valence-electron chi connectivity index (χ0n) is 18.3. The van der Waals surface area contributed by atoms with Crippen LogP contribution in [0.15, 0.2) is 144 Å². The topological polar surface area (TPSA) is 0 Å². The van der Waals surface area contributed by atoms with Crippen LogP contribution in [0.5, 0.6) is 0 Å². The van der Waals surface area contributed by atoms with Crippen molar-refractivity contribution in [1.82, 2.24) is 0 Å². The van der Waals surface area contributed by atoms with Crippen LogP contribution < -0.4 is 0 Å². The van der Waals surface area contributed by atoms with Gasteiger partial charge in [0.1, 0.15) is 0 Å². The molecule has 0 radical (unpaired) electrons. The predicted molar refractivity (Wildman–Crippen MR) is 142 cm³/mol. The van der Waals surface area contributed by atoms with Crippen LogP contribution in [0.2, 0.25) is 0 Å². The van der Waals surface area contributed by atoms with Gasteiger partial charge in [0.2, 0.25) is 0 Å². The first-order valence-corrected chi connectivity index (χ1v) is 12.1. The van der Waals surface area contributed by atoms with Gasteiger partial charge in [0.25, 0.3) is 0 Å². The average Bonchev–Trinajstić information content (AvgIpc) is 2.87. The van der Waals surface area contributed by atoms with E-state index >= 15 is 0 Å². The predicted octanol–water partition coefficient (Wildman–Crippen LogP) is 8.81. The van der Waals surface area contributed by atoms with Crippen molar-refractivity contribution in [3.63, 3.8) is 0 Å². The van der Waals surface area contributed by atoms with Crippen molar-refractivity contribution in [2.45, 2.75) is 11.8 Å². The van der Waals surface area contributed by atoms with Gasteiger partial charge in [0.05, 0.1) is 0 Å². The molecule has 0 aliphatic carbocycles. The van der Waals surface area contributed by atoms with Crippen LogP contribution in [0.4, 0.5) is 0 Å². The quantitative estimate of drug-likeness (QED) is 0.209. The molecule has 5 aromatic carbocycles. The molecule has 5 rings (SSSR count). The highest BCUT2D eigenvalue weighted by atomic mass is 79.9. The molecule has 0 saturated heterocycles. The van der Waals surface area contributed by atoms with E-state index in [2.05, 4.69) is 155 Å². The van der Waals surface area contributed by atoms with Crippen molar-refractivity contribution >= 4 is 15.9 Å². The molecule has 33 heavy (non-hydrogen) atoms. The number of rotatable bonds is 6. The van der Waals surface area contributed by atoms with E-state index in [9.17, 15) is 0 Å². The molecule has 0 unspecified atom stereocenters. The van der Waals surface area contributed by atoms with Gasteiger partial charge in [-0.2, -0.15) is 0 Å². The van der Waals surface area contributed by atoms with Gasteiger partial charge in [0, 0.05) is 16.3 Å². The van der Waals surface area contributed by atoms with Crippen LogP contribution >= 0.6 is 15.9 Å². The maximum absolute atomic E-state index is 3.84. The molecule has 0 bridgehead atoms. The van der Waals surface area contributed by atoms with Crippen LogP contribution in [0.25, 0.3) is 0 Å². The molecule has 0 atom stereocenters. The Labute approximate surface area is 204 Å². The Bertz CT molecular complexity index is 1120. The SMILES string of the molecule is Brc1cc(C(c2ccccc2)c2ccccc2)cc(C(c2ccccc2)c2ccccc2)c1. The fourth-order valence-electron chi connectivity index (χ4n) is 4.71. The van der Waals surface area contributed by atoms with Crippen molar-refractivity contribution in [2.24, 2.45) is 0 Å². The normalized spacial score (nSPS) is 11.1. The van der Waals surface area contributed by atoms with Gasteiger partial charge in [-0.3, -0.25) is 0 Å². The van der Waals surface area contributed by atoms with Gasteiger partial charge in [-0.1, -0.05) is 143 Å². The molecule has 0 nitrogen and oxygen atoms in total. The Morgan fingerprint density at radius 3 is 0.879 bits per heavy atom. The smallest absolute Gasteiger partial charge is 0.0340 e. The minimum atomic E-state index is 0.163. The van der Waals surface area contributed by atoms with Gasteiger partial charge < -0.3 is 0 Å². The molecule has 0 saturated carbocycles. The van der Waals surface area contributed by atoms with E-state index in [0.717, 1.165) is 4.47 Å². The van der Waals surface area contributed by atoms with Crippen molar-refractivity contribution in [3.05, 3.63) is 177 Å². The first kappa shape index (κ1) is 21.4. The summed E-state index contributed by atoms with van der Waals surface area (Å²) in [7, 11) is 0. The summed E-state index contributed by atoms with van der Waals surface area (Å²) in [5.41, 5.74) is 7.75. The van der Waals surface area contributed by atoms with E-state index in [4.69, 9.17) is 0 Å². The lowest BCUT2D eigenvalue weighted by Gasteiger charge is -2.24. The van der Waals surface area contributed by atoms with Gasteiger partial charge in [-0.05, 0) is 45.5 Å². The zero-order chi connectivity index (χ0) is 22.5. The van der Waals surface area contributed by atoms with Crippen LogP contribution in [0, 0.1) is 0 Å². The minimum Gasteiger partial charge on any atom is -0.0622 e. The summed E-state index contributed by atoms with van der Waals surface area (Å²) in [6.45, 7) is 0. The Morgan fingerprint density at radius 1 is 0.333 bits per heavy atom. The molecule has 0 amide bonds. The third kappa shape index (κ3) is 4.84. The molecule has 0 heterocycles.